The lowest BCUT2D eigenvalue weighted by molar-refractivity contribution is 0.473. The number of hydrogen-bond acceptors (Lipinski definition) is 3. The van der Waals surface area contributed by atoms with Crippen molar-refractivity contribution in [2.75, 3.05) is 11.5 Å². The lowest BCUT2D eigenvalue weighted by Crippen LogP contribution is -2.37. The van der Waals surface area contributed by atoms with E-state index in [0.29, 0.717) is 17.8 Å². The minimum Gasteiger partial charge on any atom is -0.508 e. The molecule has 1 aromatic rings. The van der Waals surface area contributed by atoms with Crippen molar-refractivity contribution >= 4 is 11.8 Å². The van der Waals surface area contributed by atoms with Gasteiger partial charge in [-0.25, -0.2) is 0 Å². The fraction of sp³-hybridized carbons (Fsp3) is 0.571. The Labute approximate surface area is 109 Å². The van der Waals surface area contributed by atoms with E-state index in [0.717, 1.165) is 12.2 Å². The highest BCUT2D eigenvalue weighted by atomic mass is 32.2. The molecule has 0 saturated heterocycles. The van der Waals surface area contributed by atoms with Crippen LogP contribution >= 0.6 is 11.8 Å². The van der Waals surface area contributed by atoms with Gasteiger partial charge in [0.05, 0.1) is 0 Å². The summed E-state index contributed by atoms with van der Waals surface area (Å²) in [6.45, 7) is 6.63. The van der Waals surface area contributed by atoms with Crippen LogP contribution in [-0.4, -0.2) is 28.7 Å². The Morgan fingerprint density at radius 3 is 2.41 bits per heavy atom. The van der Waals surface area contributed by atoms with Crippen LogP contribution in [-0.2, 0) is 6.42 Å². The molecule has 0 aliphatic heterocycles. The molecule has 17 heavy (non-hydrogen) atoms. The van der Waals surface area contributed by atoms with Crippen molar-refractivity contribution in [3.05, 3.63) is 29.8 Å². The summed E-state index contributed by atoms with van der Waals surface area (Å²) in [5.41, 5.74) is 1.26. The van der Waals surface area contributed by atoms with Crippen LogP contribution in [0.4, 0.5) is 0 Å². The Morgan fingerprint density at radius 1 is 1.18 bits per heavy atom. The van der Waals surface area contributed by atoms with E-state index in [1.165, 1.54) is 11.3 Å². The maximum Gasteiger partial charge on any atom is 0.115 e. The smallest absolute Gasteiger partial charge is 0.115 e. The largest absolute Gasteiger partial charge is 0.508 e. The molecule has 0 amide bonds. The molecule has 2 N–H and O–H groups in total. The van der Waals surface area contributed by atoms with Crippen molar-refractivity contribution in [3.63, 3.8) is 0 Å². The molecule has 0 bridgehead atoms. The molecular formula is C14H23NOS. The monoisotopic (exact) mass is 253 g/mol. The van der Waals surface area contributed by atoms with Gasteiger partial charge in [-0.1, -0.05) is 19.1 Å². The number of hydrogen-bond donors (Lipinski definition) is 2. The first-order valence-electron chi connectivity index (χ1n) is 6.23. The topological polar surface area (TPSA) is 32.3 Å². The molecule has 0 aromatic heterocycles. The van der Waals surface area contributed by atoms with Gasteiger partial charge < -0.3 is 10.4 Å². The first-order valence-corrected chi connectivity index (χ1v) is 7.39. The fourth-order valence-corrected chi connectivity index (χ4v) is 2.56. The molecule has 2 nitrogen and oxygen atoms in total. The van der Waals surface area contributed by atoms with Gasteiger partial charge in [-0.3, -0.25) is 0 Å². The molecule has 2 unspecified atom stereocenters. The number of nitrogens with one attached hydrogen (secondary N) is 1. The second kappa shape index (κ2) is 7.62. The van der Waals surface area contributed by atoms with Gasteiger partial charge in [0, 0.05) is 17.8 Å². The quantitative estimate of drug-likeness (QED) is 0.783. The van der Waals surface area contributed by atoms with Crippen LogP contribution in [0.5, 0.6) is 5.75 Å². The highest BCUT2D eigenvalue weighted by Crippen LogP contribution is 2.11. The highest BCUT2D eigenvalue weighted by molar-refractivity contribution is 7.99. The van der Waals surface area contributed by atoms with Crippen molar-refractivity contribution in [2.24, 2.45) is 0 Å². The zero-order valence-electron chi connectivity index (χ0n) is 10.9. The van der Waals surface area contributed by atoms with E-state index in [-0.39, 0.29) is 0 Å². The molecule has 0 aliphatic rings. The third kappa shape index (κ3) is 5.99. The van der Waals surface area contributed by atoms with Gasteiger partial charge in [-0.15, -0.1) is 0 Å². The fourth-order valence-electron chi connectivity index (χ4n) is 1.87. The Kier molecular flexibility index (Phi) is 6.45. The molecule has 2 atom stereocenters. The first-order chi connectivity index (χ1) is 8.11. The van der Waals surface area contributed by atoms with Crippen LogP contribution in [0.15, 0.2) is 24.3 Å². The third-order valence-electron chi connectivity index (χ3n) is 2.62. The van der Waals surface area contributed by atoms with Crippen LogP contribution in [0.25, 0.3) is 0 Å². The molecule has 1 rings (SSSR count). The van der Waals surface area contributed by atoms with Gasteiger partial charge in [0.15, 0.2) is 0 Å². The predicted molar refractivity (Wildman–Crippen MR) is 76.9 cm³/mol. The maximum atomic E-state index is 9.21. The van der Waals surface area contributed by atoms with E-state index in [4.69, 9.17) is 0 Å². The summed E-state index contributed by atoms with van der Waals surface area (Å²) in [4.78, 5) is 0. The van der Waals surface area contributed by atoms with Gasteiger partial charge in [0.25, 0.3) is 0 Å². The summed E-state index contributed by atoms with van der Waals surface area (Å²) < 4.78 is 0. The van der Waals surface area contributed by atoms with Crippen LogP contribution in [0, 0.1) is 0 Å². The molecule has 3 heteroatoms. The second-order valence-corrected chi connectivity index (χ2v) is 5.82. The highest BCUT2D eigenvalue weighted by Gasteiger charge is 2.07. The molecule has 0 heterocycles. The Balaban J connectivity index is 2.33. The molecule has 0 radical (unpaired) electrons. The van der Waals surface area contributed by atoms with E-state index in [1.54, 1.807) is 12.1 Å². The average molecular weight is 253 g/mol. The molecule has 1 aromatic carbocycles. The van der Waals surface area contributed by atoms with Gasteiger partial charge in [-0.05, 0) is 43.7 Å². The summed E-state index contributed by atoms with van der Waals surface area (Å²) >= 11 is 1.97. The van der Waals surface area contributed by atoms with Crippen molar-refractivity contribution in [1.29, 1.82) is 0 Å². The van der Waals surface area contributed by atoms with Gasteiger partial charge in [-0.2, -0.15) is 11.8 Å². The van der Waals surface area contributed by atoms with Crippen LogP contribution < -0.4 is 5.32 Å². The van der Waals surface area contributed by atoms with E-state index >= 15 is 0 Å². The number of phenolic OH excluding ortho intramolecular Hbond substituents is 1. The van der Waals surface area contributed by atoms with Crippen molar-refractivity contribution in [3.8, 4) is 5.75 Å². The van der Waals surface area contributed by atoms with E-state index in [2.05, 4.69) is 26.1 Å². The number of aromatic hydroxyl groups is 1. The number of phenols is 1. The predicted octanol–water partition coefficient (Wildman–Crippen LogP) is 3.05. The van der Waals surface area contributed by atoms with Gasteiger partial charge in [0.1, 0.15) is 5.75 Å². The molecule has 0 fully saturated rings. The minimum atomic E-state index is 0.335. The van der Waals surface area contributed by atoms with Gasteiger partial charge >= 0.3 is 0 Å². The number of benzene rings is 1. The zero-order chi connectivity index (χ0) is 12.7. The molecular weight excluding hydrogens is 230 g/mol. The van der Waals surface area contributed by atoms with Gasteiger partial charge in [0.2, 0.25) is 0 Å². The van der Waals surface area contributed by atoms with E-state index < -0.39 is 0 Å². The SMILES string of the molecule is CCSCC(C)NC(C)Cc1ccc(O)cc1. The summed E-state index contributed by atoms with van der Waals surface area (Å²) in [5.74, 6) is 2.68. The Morgan fingerprint density at radius 2 is 1.82 bits per heavy atom. The average Bonchev–Trinajstić information content (AvgIpc) is 2.29. The summed E-state index contributed by atoms with van der Waals surface area (Å²) in [7, 11) is 0. The minimum absolute atomic E-state index is 0.335. The second-order valence-electron chi connectivity index (χ2n) is 4.50. The Hall–Kier alpha value is -0.670. The van der Waals surface area contributed by atoms with Crippen LogP contribution in [0.1, 0.15) is 26.3 Å². The number of rotatable bonds is 7. The van der Waals surface area contributed by atoms with Crippen molar-refractivity contribution < 1.29 is 5.11 Å². The first kappa shape index (κ1) is 14.4. The summed E-state index contributed by atoms with van der Waals surface area (Å²) in [6, 6.07) is 8.48. The van der Waals surface area contributed by atoms with E-state index in [9.17, 15) is 5.11 Å². The lowest BCUT2D eigenvalue weighted by Gasteiger charge is -2.19. The normalized spacial score (nSPS) is 14.5. The molecule has 0 aliphatic carbocycles. The maximum absolute atomic E-state index is 9.21. The summed E-state index contributed by atoms with van der Waals surface area (Å²) in [6.07, 6.45) is 1.00. The molecule has 0 saturated carbocycles. The van der Waals surface area contributed by atoms with Crippen LogP contribution in [0.3, 0.4) is 0 Å². The van der Waals surface area contributed by atoms with E-state index in [1.807, 2.05) is 23.9 Å². The van der Waals surface area contributed by atoms with Crippen molar-refractivity contribution in [2.45, 2.75) is 39.3 Å². The standard InChI is InChI=1S/C14H23NOS/c1-4-17-10-12(3)15-11(2)9-13-5-7-14(16)8-6-13/h5-8,11-12,15-16H,4,9-10H2,1-3H3. The Bertz CT molecular complexity index is 313. The molecule has 0 spiro atoms. The zero-order valence-corrected chi connectivity index (χ0v) is 11.8. The third-order valence-corrected chi connectivity index (χ3v) is 3.76. The van der Waals surface area contributed by atoms with Crippen LogP contribution in [0.2, 0.25) is 0 Å². The molecule has 96 valence electrons. The lowest BCUT2D eigenvalue weighted by atomic mass is 10.1. The number of thioether (sulfide) groups is 1. The van der Waals surface area contributed by atoms with Crippen molar-refractivity contribution in [1.82, 2.24) is 5.32 Å². The summed E-state index contributed by atoms with van der Waals surface area (Å²) in [5, 5.41) is 12.8.